The fourth-order valence-corrected chi connectivity index (χ4v) is 4.28. The van der Waals surface area contributed by atoms with Crippen LogP contribution in [0.2, 0.25) is 0 Å². The van der Waals surface area contributed by atoms with Gasteiger partial charge in [0.15, 0.2) is 0 Å². The van der Waals surface area contributed by atoms with Crippen molar-refractivity contribution >= 4 is 11.9 Å². The third kappa shape index (κ3) is 4.46. The number of hydrogen-bond acceptors (Lipinski definition) is 7. The van der Waals surface area contributed by atoms with Gasteiger partial charge in [-0.3, -0.25) is 9.78 Å². The Hall–Kier alpha value is -3.68. The number of carbonyl (C=O) groups excluding carboxylic acids is 1. The van der Waals surface area contributed by atoms with Crippen molar-refractivity contribution in [1.29, 1.82) is 0 Å². The average Bonchev–Trinajstić information content (AvgIpc) is 2.87. The molecular weight excluding hydrogens is 418 g/mol. The predicted molar refractivity (Wildman–Crippen MR) is 127 cm³/mol. The largest absolute Gasteiger partial charge is 0.496 e. The summed E-state index contributed by atoms with van der Waals surface area (Å²) in [6, 6.07) is 8.97. The van der Waals surface area contributed by atoms with Gasteiger partial charge in [-0.2, -0.15) is 0 Å². The summed E-state index contributed by atoms with van der Waals surface area (Å²) < 4.78 is 11.3. The number of anilines is 1. The molecule has 4 rings (SSSR count). The number of ether oxygens (including phenoxy) is 2. The first-order chi connectivity index (χ1) is 16.0. The second-order valence-corrected chi connectivity index (χ2v) is 8.15. The van der Waals surface area contributed by atoms with Gasteiger partial charge in [-0.15, -0.1) is 0 Å². The van der Waals surface area contributed by atoms with Crippen LogP contribution in [-0.2, 0) is 0 Å². The van der Waals surface area contributed by atoms with Crippen LogP contribution in [0.3, 0.4) is 0 Å². The third-order valence-corrected chi connectivity index (χ3v) is 5.91. The average molecular weight is 448 g/mol. The molecule has 0 aliphatic carbocycles. The highest BCUT2D eigenvalue weighted by Gasteiger charge is 2.33. The van der Waals surface area contributed by atoms with Gasteiger partial charge < -0.3 is 19.3 Å². The van der Waals surface area contributed by atoms with E-state index in [0.717, 1.165) is 36.1 Å². The Morgan fingerprint density at radius 3 is 2.39 bits per heavy atom. The first kappa shape index (κ1) is 22.5. The molecule has 3 aromatic rings. The number of pyridine rings is 1. The quantitative estimate of drug-likeness (QED) is 0.565. The van der Waals surface area contributed by atoms with Crippen molar-refractivity contribution in [1.82, 2.24) is 19.9 Å². The third-order valence-electron chi connectivity index (χ3n) is 5.91. The first-order valence-corrected chi connectivity index (χ1v) is 11.0. The van der Waals surface area contributed by atoms with Crippen LogP contribution in [-0.4, -0.2) is 60.6 Å². The summed E-state index contributed by atoms with van der Waals surface area (Å²) >= 11 is 0. The SMILES string of the molecule is COc1cccc(OC)c1-c1cnc(N(C)C)nc1C1CCCCN1C(=O)c1ccncc1. The topological polar surface area (TPSA) is 80.7 Å². The molecule has 8 nitrogen and oxygen atoms in total. The number of likely N-dealkylation sites (tertiary alicyclic amines) is 1. The number of rotatable bonds is 6. The Kier molecular flexibility index (Phi) is 6.72. The van der Waals surface area contributed by atoms with E-state index in [2.05, 4.69) is 9.97 Å². The lowest BCUT2D eigenvalue weighted by atomic mass is 9.92. The van der Waals surface area contributed by atoms with Crippen LogP contribution in [0.15, 0.2) is 48.9 Å². The standard InChI is InChI=1S/C25H29N5O3/c1-29(2)25-27-16-18(22-20(32-3)9-7-10-21(22)33-4)23(28-25)19-8-5-6-15-30(19)24(31)17-11-13-26-14-12-17/h7,9-14,16,19H,5-6,8,15H2,1-4H3. The summed E-state index contributed by atoms with van der Waals surface area (Å²) in [5.74, 6) is 1.90. The van der Waals surface area contributed by atoms with E-state index in [0.29, 0.717) is 29.6 Å². The maximum atomic E-state index is 13.5. The minimum Gasteiger partial charge on any atom is -0.496 e. The highest BCUT2D eigenvalue weighted by molar-refractivity contribution is 5.94. The van der Waals surface area contributed by atoms with Crippen molar-refractivity contribution in [2.45, 2.75) is 25.3 Å². The van der Waals surface area contributed by atoms with Gasteiger partial charge in [0.05, 0.1) is 31.5 Å². The smallest absolute Gasteiger partial charge is 0.254 e. The van der Waals surface area contributed by atoms with Crippen molar-refractivity contribution < 1.29 is 14.3 Å². The Labute approximate surface area is 194 Å². The number of piperidine rings is 1. The second-order valence-electron chi connectivity index (χ2n) is 8.15. The molecule has 1 saturated heterocycles. The van der Waals surface area contributed by atoms with Gasteiger partial charge in [0.2, 0.25) is 5.95 Å². The van der Waals surface area contributed by atoms with Crippen LogP contribution >= 0.6 is 0 Å². The number of methoxy groups -OCH3 is 2. The highest BCUT2D eigenvalue weighted by Crippen LogP contribution is 2.43. The van der Waals surface area contributed by atoms with E-state index in [4.69, 9.17) is 14.5 Å². The number of hydrogen-bond donors (Lipinski definition) is 0. The molecular formula is C25H29N5O3. The fraction of sp³-hybridized carbons (Fsp3) is 0.360. The monoisotopic (exact) mass is 447 g/mol. The molecule has 33 heavy (non-hydrogen) atoms. The Morgan fingerprint density at radius 1 is 1.06 bits per heavy atom. The number of benzene rings is 1. The van der Waals surface area contributed by atoms with Crippen molar-refractivity contribution in [3.8, 4) is 22.6 Å². The molecule has 1 aromatic carbocycles. The molecule has 0 saturated carbocycles. The van der Waals surface area contributed by atoms with Crippen LogP contribution in [0, 0.1) is 0 Å². The molecule has 0 N–H and O–H groups in total. The maximum Gasteiger partial charge on any atom is 0.254 e. The molecule has 3 heterocycles. The zero-order valence-corrected chi connectivity index (χ0v) is 19.5. The Balaban J connectivity index is 1.89. The lowest BCUT2D eigenvalue weighted by Crippen LogP contribution is -2.39. The minimum absolute atomic E-state index is 0.0231. The Bertz CT molecular complexity index is 1100. The molecule has 2 aromatic heterocycles. The number of carbonyl (C=O) groups is 1. The number of aromatic nitrogens is 3. The summed E-state index contributed by atoms with van der Waals surface area (Å²) in [5, 5.41) is 0. The van der Waals surface area contributed by atoms with E-state index in [9.17, 15) is 4.79 Å². The van der Waals surface area contributed by atoms with Gasteiger partial charge in [0.25, 0.3) is 5.91 Å². The zero-order chi connectivity index (χ0) is 23.4. The Morgan fingerprint density at radius 2 is 1.76 bits per heavy atom. The molecule has 1 aliphatic rings. The predicted octanol–water partition coefficient (Wildman–Crippen LogP) is 3.99. The van der Waals surface area contributed by atoms with E-state index in [1.165, 1.54) is 0 Å². The van der Waals surface area contributed by atoms with E-state index in [-0.39, 0.29) is 11.9 Å². The molecule has 172 valence electrons. The molecule has 1 atom stereocenters. The van der Waals surface area contributed by atoms with E-state index >= 15 is 0 Å². The van der Waals surface area contributed by atoms with Gasteiger partial charge in [-0.25, -0.2) is 9.97 Å². The van der Waals surface area contributed by atoms with Crippen molar-refractivity contribution in [3.05, 3.63) is 60.2 Å². The summed E-state index contributed by atoms with van der Waals surface area (Å²) in [7, 11) is 7.08. The zero-order valence-electron chi connectivity index (χ0n) is 19.5. The normalized spacial score (nSPS) is 15.8. The summed E-state index contributed by atoms with van der Waals surface area (Å²) in [5.41, 5.74) is 2.99. The minimum atomic E-state index is -0.203. The summed E-state index contributed by atoms with van der Waals surface area (Å²) in [6.45, 7) is 0.662. The second kappa shape index (κ2) is 9.85. The highest BCUT2D eigenvalue weighted by atomic mass is 16.5. The van der Waals surface area contributed by atoms with E-state index < -0.39 is 0 Å². The van der Waals surface area contributed by atoms with Gasteiger partial charge in [0.1, 0.15) is 11.5 Å². The fourth-order valence-electron chi connectivity index (χ4n) is 4.28. The van der Waals surface area contributed by atoms with E-state index in [1.54, 1.807) is 38.7 Å². The summed E-state index contributed by atoms with van der Waals surface area (Å²) in [6.07, 6.45) is 7.87. The van der Waals surface area contributed by atoms with Gasteiger partial charge in [-0.05, 0) is 43.5 Å². The van der Waals surface area contributed by atoms with Crippen LogP contribution < -0.4 is 14.4 Å². The van der Waals surface area contributed by atoms with Crippen LogP contribution in [0.1, 0.15) is 41.4 Å². The van der Waals surface area contributed by atoms with Crippen molar-refractivity contribution in [3.63, 3.8) is 0 Å². The number of amides is 1. The molecule has 0 bridgehead atoms. The summed E-state index contributed by atoms with van der Waals surface area (Å²) in [4.78, 5) is 30.9. The van der Waals surface area contributed by atoms with Crippen molar-refractivity contribution in [2.75, 3.05) is 39.8 Å². The molecule has 1 unspecified atom stereocenters. The van der Waals surface area contributed by atoms with Gasteiger partial charge >= 0.3 is 0 Å². The van der Waals surface area contributed by atoms with Crippen LogP contribution in [0.5, 0.6) is 11.5 Å². The van der Waals surface area contributed by atoms with E-state index in [1.807, 2.05) is 48.3 Å². The van der Waals surface area contributed by atoms with Gasteiger partial charge in [-0.1, -0.05) is 6.07 Å². The first-order valence-electron chi connectivity index (χ1n) is 11.0. The van der Waals surface area contributed by atoms with Gasteiger partial charge in [0, 0.05) is 50.4 Å². The molecule has 8 heteroatoms. The number of nitrogens with zero attached hydrogens (tertiary/aromatic N) is 5. The van der Waals surface area contributed by atoms with Crippen LogP contribution in [0.4, 0.5) is 5.95 Å². The molecule has 0 radical (unpaired) electrons. The molecule has 1 aliphatic heterocycles. The molecule has 1 amide bonds. The maximum absolute atomic E-state index is 13.5. The van der Waals surface area contributed by atoms with Crippen LogP contribution in [0.25, 0.3) is 11.1 Å². The lowest BCUT2D eigenvalue weighted by molar-refractivity contribution is 0.0606. The molecule has 1 fully saturated rings. The lowest BCUT2D eigenvalue weighted by Gasteiger charge is -2.36. The molecule has 0 spiro atoms. The van der Waals surface area contributed by atoms with Crippen molar-refractivity contribution in [2.24, 2.45) is 0 Å².